The molecule has 0 fully saturated rings. The van der Waals surface area contributed by atoms with Crippen molar-refractivity contribution in [3.63, 3.8) is 0 Å². The lowest BCUT2D eigenvalue weighted by Gasteiger charge is -2.12. The van der Waals surface area contributed by atoms with Crippen molar-refractivity contribution >= 4 is 30.0 Å². The summed E-state index contributed by atoms with van der Waals surface area (Å²) < 4.78 is 38.0. The molecule has 3 rings (SSSR count). The molecule has 0 radical (unpaired) electrons. The van der Waals surface area contributed by atoms with E-state index < -0.39 is 12.2 Å². The Morgan fingerprint density at radius 1 is 1.28 bits per heavy atom. The Labute approximate surface area is 175 Å². The first-order valence-corrected chi connectivity index (χ1v) is 9.23. The fourth-order valence-corrected chi connectivity index (χ4v) is 3.03. The average Bonchev–Trinajstić information content (AvgIpc) is 3.06. The van der Waals surface area contributed by atoms with Crippen LogP contribution in [0, 0.1) is 11.7 Å². The van der Waals surface area contributed by atoms with Crippen LogP contribution < -0.4 is 9.47 Å². The molecule has 1 heterocycles. The summed E-state index contributed by atoms with van der Waals surface area (Å²) in [6.45, 7) is 2.13. The summed E-state index contributed by atoms with van der Waals surface area (Å²) in [7, 11) is 1.55. The Bertz CT molecular complexity index is 1100. The third-order valence-electron chi connectivity index (χ3n) is 3.97. The number of hydrogen-bond acceptors (Lipinski definition) is 5. The van der Waals surface area contributed by atoms with Crippen molar-refractivity contribution in [2.45, 2.75) is 20.0 Å². The van der Waals surface area contributed by atoms with Crippen molar-refractivity contribution in [2.24, 2.45) is 5.10 Å². The number of hydrogen-bond donors (Lipinski definition) is 1. The highest BCUT2D eigenvalue weighted by Crippen LogP contribution is 2.28. The largest absolute Gasteiger partial charge is 0.496 e. The van der Waals surface area contributed by atoms with Crippen LogP contribution in [0.1, 0.15) is 28.9 Å². The highest BCUT2D eigenvalue weighted by molar-refractivity contribution is 7.71. The van der Waals surface area contributed by atoms with Gasteiger partial charge < -0.3 is 9.47 Å². The van der Waals surface area contributed by atoms with E-state index in [4.69, 9.17) is 33.3 Å². The summed E-state index contributed by atoms with van der Waals surface area (Å²) in [4.78, 5) is 0. The maximum Gasteiger partial charge on any atom is 0.299 e. The van der Waals surface area contributed by atoms with E-state index in [0.29, 0.717) is 22.1 Å². The van der Waals surface area contributed by atoms with Crippen LogP contribution in [0.2, 0.25) is 5.02 Å². The number of H-pyrrole nitrogens is 1. The second kappa shape index (κ2) is 9.15. The van der Waals surface area contributed by atoms with Crippen molar-refractivity contribution in [1.29, 1.82) is 0 Å². The van der Waals surface area contributed by atoms with Gasteiger partial charge in [0.1, 0.15) is 18.1 Å². The molecule has 0 unspecified atom stereocenters. The molecule has 0 bridgehead atoms. The molecule has 152 valence electrons. The standard InChI is InChI=1S/C19H17ClF2N4O2S/c1-11-3-5-16(14(20)7-11)28-10-13-8-12(4-6-15(13)27-2)9-23-26-18(17(21)22)24-25-19(26)29/h3-9,17H,10H2,1-2H3,(H,25,29)/b23-9+. The summed E-state index contributed by atoms with van der Waals surface area (Å²) in [5, 5.41) is 10.3. The fraction of sp³-hybridized carbons (Fsp3) is 0.211. The van der Waals surface area contributed by atoms with E-state index in [0.717, 1.165) is 15.8 Å². The number of rotatable bonds is 7. The van der Waals surface area contributed by atoms with Crippen LogP contribution in [0.4, 0.5) is 8.78 Å². The minimum Gasteiger partial charge on any atom is -0.496 e. The molecule has 0 saturated carbocycles. The number of aryl methyl sites for hydroxylation is 1. The molecule has 2 aromatic carbocycles. The lowest BCUT2D eigenvalue weighted by molar-refractivity contribution is 0.136. The zero-order valence-electron chi connectivity index (χ0n) is 15.5. The van der Waals surface area contributed by atoms with Crippen LogP contribution in [0.3, 0.4) is 0 Å². The topological polar surface area (TPSA) is 64.4 Å². The number of alkyl halides is 2. The highest BCUT2D eigenvalue weighted by atomic mass is 35.5. The van der Waals surface area contributed by atoms with Crippen LogP contribution >= 0.6 is 23.8 Å². The molecule has 0 atom stereocenters. The van der Waals surface area contributed by atoms with Crippen LogP contribution in [-0.2, 0) is 6.61 Å². The predicted octanol–water partition coefficient (Wildman–Crippen LogP) is 5.31. The predicted molar refractivity (Wildman–Crippen MR) is 109 cm³/mol. The molecule has 0 amide bonds. The van der Waals surface area contributed by atoms with Crippen molar-refractivity contribution in [3.8, 4) is 11.5 Å². The number of nitrogens with one attached hydrogen (secondary N) is 1. The number of nitrogens with zero attached hydrogens (tertiary/aromatic N) is 3. The third kappa shape index (κ3) is 4.99. The van der Waals surface area contributed by atoms with Crippen molar-refractivity contribution in [3.05, 3.63) is 68.7 Å². The van der Waals surface area contributed by atoms with Crippen LogP contribution in [0.15, 0.2) is 41.5 Å². The van der Waals surface area contributed by atoms with Gasteiger partial charge in [-0.15, -0.1) is 0 Å². The molecule has 29 heavy (non-hydrogen) atoms. The van der Waals surface area contributed by atoms with Gasteiger partial charge in [0.25, 0.3) is 6.43 Å². The van der Waals surface area contributed by atoms with Crippen LogP contribution in [-0.4, -0.2) is 28.2 Å². The van der Waals surface area contributed by atoms with Gasteiger partial charge in [-0.25, -0.2) is 13.9 Å². The number of aromatic amines is 1. The third-order valence-corrected chi connectivity index (χ3v) is 4.53. The van der Waals surface area contributed by atoms with Gasteiger partial charge in [-0.3, -0.25) is 0 Å². The van der Waals surface area contributed by atoms with Gasteiger partial charge in [-0.2, -0.15) is 14.9 Å². The van der Waals surface area contributed by atoms with Gasteiger partial charge in [-0.05, 0) is 60.6 Å². The van der Waals surface area contributed by atoms with E-state index in [1.54, 1.807) is 31.4 Å². The Morgan fingerprint density at radius 3 is 2.72 bits per heavy atom. The lowest BCUT2D eigenvalue weighted by Crippen LogP contribution is -2.02. The molecular formula is C19H17ClF2N4O2S. The molecule has 6 nitrogen and oxygen atoms in total. The Kier molecular flexibility index (Phi) is 6.60. The second-order valence-corrected chi connectivity index (χ2v) is 6.83. The summed E-state index contributed by atoms with van der Waals surface area (Å²) in [5.41, 5.74) is 2.40. The molecule has 0 aliphatic carbocycles. The average molecular weight is 439 g/mol. The smallest absolute Gasteiger partial charge is 0.299 e. The first kappa shape index (κ1) is 20.9. The molecule has 0 spiro atoms. The normalized spacial score (nSPS) is 11.4. The Balaban J connectivity index is 1.83. The number of benzene rings is 2. The van der Waals surface area contributed by atoms with E-state index in [9.17, 15) is 8.78 Å². The van der Waals surface area contributed by atoms with Gasteiger partial charge in [0.2, 0.25) is 10.6 Å². The minimum atomic E-state index is -2.81. The maximum atomic E-state index is 13.0. The summed E-state index contributed by atoms with van der Waals surface area (Å²) in [5.74, 6) is 0.598. The summed E-state index contributed by atoms with van der Waals surface area (Å²) >= 11 is 11.1. The Morgan fingerprint density at radius 2 is 2.03 bits per heavy atom. The first-order chi connectivity index (χ1) is 13.9. The maximum absolute atomic E-state index is 13.0. The minimum absolute atomic E-state index is 0.0253. The van der Waals surface area contributed by atoms with Crippen molar-refractivity contribution in [1.82, 2.24) is 14.9 Å². The lowest BCUT2D eigenvalue weighted by atomic mass is 10.1. The second-order valence-electron chi connectivity index (χ2n) is 6.04. The van der Waals surface area contributed by atoms with Gasteiger partial charge in [0.05, 0.1) is 18.3 Å². The fourth-order valence-electron chi connectivity index (χ4n) is 2.55. The zero-order valence-corrected chi connectivity index (χ0v) is 17.1. The molecule has 0 aliphatic heterocycles. The summed E-state index contributed by atoms with van der Waals surface area (Å²) in [6, 6.07) is 10.7. The zero-order chi connectivity index (χ0) is 21.0. The Hall–Kier alpha value is -2.78. The van der Waals surface area contributed by atoms with Crippen LogP contribution in [0.25, 0.3) is 0 Å². The van der Waals surface area contributed by atoms with Gasteiger partial charge >= 0.3 is 0 Å². The van der Waals surface area contributed by atoms with E-state index in [1.165, 1.54) is 6.21 Å². The quantitative estimate of drug-likeness (QED) is 0.401. The van der Waals surface area contributed by atoms with E-state index >= 15 is 0 Å². The van der Waals surface area contributed by atoms with E-state index in [-0.39, 0.29) is 11.4 Å². The molecule has 3 aromatic rings. The molecule has 0 saturated heterocycles. The van der Waals surface area contributed by atoms with Crippen molar-refractivity contribution in [2.75, 3.05) is 7.11 Å². The van der Waals surface area contributed by atoms with Crippen LogP contribution in [0.5, 0.6) is 11.5 Å². The number of ether oxygens (including phenoxy) is 2. The van der Waals surface area contributed by atoms with E-state index in [2.05, 4.69) is 15.3 Å². The molecular weight excluding hydrogens is 422 g/mol. The van der Waals surface area contributed by atoms with Gasteiger partial charge in [0.15, 0.2) is 0 Å². The molecule has 1 aromatic heterocycles. The SMILES string of the molecule is COc1ccc(/C=N/n2c(C(F)F)n[nH]c2=S)cc1COc1ccc(C)cc1Cl. The van der Waals surface area contributed by atoms with Gasteiger partial charge in [-0.1, -0.05) is 17.7 Å². The number of halogens is 3. The van der Waals surface area contributed by atoms with Gasteiger partial charge in [0, 0.05) is 5.56 Å². The number of aromatic nitrogens is 3. The summed E-state index contributed by atoms with van der Waals surface area (Å²) in [6.07, 6.45) is -1.40. The first-order valence-electron chi connectivity index (χ1n) is 8.44. The number of methoxy groups -OCH3 is 1. The van der Waals surface area contributed by atoms with E-state index in [1.807, 2.05) is 19.1 Å². The molecule has 10 heteroatoms. The molecule has 0 aliphatic rings. The molecule has 1 N–H and O–H groups in total. The highest BCUT2D eigenvalue weighted by Gasteiger charge is 2.16. The van der Waals surface area contributed by atoms with Crippen molar-refractivity contribution < 1.29 is 18.3 Å². The monoisotopic (exact) mass is 438 g/mol.